The highest BCUT2D eigenvalue weighted by atomic mass is 32.1. The third-order valence-corrected chi connectivity index (χ3v) is 6.68. The quantitative estimate of drug-likeness (QED) is 0.761. The minimum atomic E-state index is -0.268. The lowest BCUT2D eigenvalue weighted by Crippen LogP contribution is -2.38. The van der Waals surface area contributed by atoms with Crippen molar-refractivity contribution >= 4 is 33.3 Å². The predicted molar refractivity (Wildman–Crippen MR) is 102 cm³/mol. The first-order valence-electron chi connectivity index (χ1n) is 9.46. The van der Waals surface area contributed by atoms with Crippen LogP contribution in [0.5, 0.6) is 0 Å². The van der Waals surface area contributed by atoms with Crippen LogP contribution in [0.4, 0.5) is 5.82 Å². The van der Waals surface area contributed by atoms with Gasteiger partial charge in [-0.25, -0.2) is 14.8 Å². The SMILES string of the molecule is CCOC(=O)c1sc2ncnc(N3CCC(C4CCCO4)CC3)c2c1C. The molecule has 2 fully saturated rings. The van der Waals surface area contributed by atoms with Gasteiger partial charge in [0.05, 0.1) is 18.1 Å². The largest absolute Gasteiger partial charge is 0.462 e. The van der Waals surface area contributed by atoms with Crippen LogP contribution in [-0.4, -0.2) is 48.3 Å². The number of hydrogen-bond donors (Lipinski definition) is 0. The van der Waals surface area contributed by atoms with Crippen LogP contribution < -0.4 is 4.90 Å². The number of aryl methyl sites for hydroxylation is 1. The maximum Gasteiger partial charge on any atom is 0.348 e. The van der Waals surface area contributed by atoms with Crippen LogP contribution in [0.2, 0.25) is 0 Å². The summed E-state index contributed by atoms with van der Waals surface area (Å²) in [6, 6.07) is 0. The van der Waals surface area contributed by atoms with Crippen molar-refractivity contribution in [3.63, 3.8) is 0 Å². The number of ether oxygens (including phenoxy) is 2. The molecular formula is C19H25N3O3S. The van der Waals surface area contributed by atoms with Gasteiger partial charge in [0.15, 0.2) is 0 Å². The number of thiophene rings is 1. The van der Waals surface area contributed by atoms with E-state index < -0.39 is 0 Å². The van der Waals surface area contributed by atoms with Crippen LogP contribution in [-0.2, 0) is 9.47 Å². The van der Waals surface area contributed by atoms with E-state index in [0.717, 1.165) is 54.1 Å². The highest BCUT2D eigenvalue weighted by Crippen LogP contribution is 2.37. The number of carbonyl (C=O) groups is 1. The molecule has 0 N–H and O–H groups in total. The Bertz CT molecular complexity index is 793. The standard InChI is InChI=1S/C19H25N3O3S/c1-3-24-19(23)16-12(2)15-17(20-11-21-18(15)26-16)22-8-6-13(7-9-22)14-5-4-10-25-14/h11,13-14H,3-10H2,1-2H3. The van der Waals surface area contributed by atoms with E-state index in [2.05, 4.69) is 14.9 Å². The van der Waals surface area contributed by atoms with E-state index in [1.807, 2.05) is 13.8 Å². The van der Waals surface area contributed by atoms with E-state index in [9.17, 15) is 4.79 Å². The van der Waals surface area contributed by atoms with Crippen molar-refractivity contribution in [3.05, 3.63) is 16.8 Å². The lowest BCUT2D eigenvalue weighted by molar-refractivity contribution is 0.0528. The molecule has 0 amide bonds. The van der Waals surface area contributed by atoms with Gasteiger partial charge in [0, 0.05) is 19.7 Å². The van der Waals surface area contributed by atoms with Crippen LogP contribution in [0.15, 0.2) is 6.33 Å². The van der Waals surface area contributed by atoms with Crippen molar-refractivity contribution in [2.24, 2.45) is 5.92 Å². The van der Waals surface area contributed by atoms with E-state index in [4.69, 9.17) is 9.47 Å². The van der Waals surface area contributed by atoms with Gasteiger partial charge in [0.25, 0.3) is 0 Å². The van der Waals surface area contributed by atoms with Crippen LogP contribution in [0.1, 0.15) is 47.8 Å². The minimum Gasteiger partial charge on any atom is -0.462 e. The normalized spacial score (nSPS) is 21.5. The van der Waals surface area contributed by atoms with E-state index in [-0.39, 0.29) is 5.97 Å². The van der Waals surface area contributed by atoms with E-state index in [1.54, 1.807) is 6.33 Å². The van der Waals surface area contributed by atoms with Crippen LogP contribution >= 0.6 is 11.3 Å². The third-order valence-electron chi connectivity index (χ3n) is 5.50. The molecule has 26 heavy (non-hydrogen) atoms. The van der Waals surface area contributed by atoms with Gasteiger partial charge in [-0.15, -0.1) is 11.3 Å². The molecule has 2 aliphatic rings. The first-order valence-corrected chi connectivity index (χ1v) is 10.3. The second-order valence-corrected chi connectivity index (χ2v) is 8.03. The molecule has 7 heteroatoms. The van der Waals surface area contributed by atoms with Gasteiger partial charge in [-0.2, -0.15) is 0 Å². The van der Waals surface area contributed by atoms with E-state index in [1.165, 1.54) is 24.2 Å². The summed E-state index contributed by atoms with van der Waals surface area (Å²) in [5.41, 5.74) is 0.931. The molecule has 0 radical (unpaired) electrons. The van der Waals surface area contributed by atoms with Crippen molar-refractivity contribution in [1.29, 1.82) is 0 Å². The predicted octanol–water partition coefficient (Wildman–Crippen LogP) is 3.57. The maximum absolute atomic E-state index is 12.2. The van der Waals surface area contributed by atoms with Gasteiger partial charge in [0.1, 0.15) is 21.9 Å². The van der Waals surface area contributed by atoms with E-state index >= 15 is 0 Å². The summed E-state index contributed by atoms with van der Waals surface area (Å²) in [6.07, 6.45) is 6.71. The van der Waals surface area contributed by atoms with Gasteiger partial charge in [-0.05, 0) is 51.0 Å². The maximum atomic E-state index is 12.2. The summed E-state index contributed by atoms with van der Waals surface area (Å²) >= 11 is 1.40. The zero-order valence-corrected chi connectivity index (χ0v) is 16.2. The Kier molecular flexibility index (Phi) is 5.09. The highest BCUT2D eigenvalue weighted by Gasteiger charge is 2.31. The molecule has 0 saturated carbocycles. The van der Waals surface area contributed by atoms with Crippen molar-refractivity contribution in [1.82, 2.24) is 9.97 Å². The van der Waals surface area contributed by atoms with Gasteiger partial charge >= 0.3 is 5.97 Å². The summed E-state index contributed by atoms with van der Waals surface area (Å²) < 4.78 is 11.1. The first-order chi connectivity index (χ1) is 12.7. The molecule has 4 heterocycles. The molecule has 0 bridgehead atoms. The monoisotopic (exact) mass is 375 g/mol. The number of nitrogens with zero attached hydrogens (tertiary/aromatic N) is 3. The summed E-state index contributed by atoms with van der Waals surface area (Å²) in [4.78, 5) is 25.0. The fraction of sp³-hybridized carbons (Fsp3) is 0.632. The molecular weight excluding hydrogens is 350 g/mol. The molecule has 1 unspecified atom stereocenters. The van der Waals surface area contributed by atoms with Crippen molar-refractivity contribution in [3.8, 4) is 0 Å². The Hall–Kier alpha value is -1.73. The van der Waals surface area contributed by atoms with Gasteiger partial charge < -0.3 is 14.4 Å². The smallest absolute Gasteiger partial charge is 0.348 e. The van der Waals surface area contributed by atoms with E-state index in [0.29, 0.717) is 23.5 Å². The number of anilines is 1. The third kappa shape index (κ3) is 3.18. The summed E-state index contributed by atoms with van der Waals surface area (Å²) in [6.45, 7) is 7.03. The summed E-state index contributed by atoms with van der Waals surface area (Å²) in [7, 11) is 0. The number of piperidine rings is 1. The topological polar surface area (TPSA) is 64.5 Å². The number of fused-ring (bicyclic) bond motifs is 1. The Labute approximate surface area is 157 Å². The van der Waals surface area contributed by atoms with Crippen LogP contribution in [0.25, 0.3) is 10.2 Å². The summed E-state index contributed by atoms with van der Waals surface area (Å²) in [5.74, 6) is 1.34. The molecule has 2 aliphatic heterocycles. The fourth-order valence-electron chi connectivity index (χ4n) is 4.14. The van der Waals surface area contributed by atoms with Gasteiger partial charge in [0.2, 0.25) is 0 Å². The van der Waals surface area contributed by atoms with Gasteiger partial charge in [-0.3, -0.25) is 0 Å². The molecule has 2 aromatic rings. The Morgan fingerprint density at radius 1 is 1.35 bits per heavy atom. The second-order valence-electron chi connectivity index (χ2n) is 7.03. The number of rotatable bonds is 4. The van der Waals surface area contributed by atoms with Gasteiger partial charge in [-0.1, -0.05) is 0 Å². The lowest BCUT2D eigenvalue weighted by atomic mass is 9.90. The number of carbonyl (C=O) groups excluding carboxylic acids is 1. The second kappa shape index (κ2) is 7.48. The average molecular weight is 375 g/mol. The average Bonchev–Trinajstić information content (AvgIpc) is 3.31. The zero-order chi connectivity index (χ0) is 18.1. The molecule has 2 aromatic heterocycles. The molecule has 1 atom stereocenters. The molecule has 0 spiro atoms. The number of hydrogen-bond acceptors (Lipinski definition) is 7. The zero-order valence-electron chi connectivity index (χ0n) is 15.4. The molecule has 2 saturated heterocycles. The lowest BCUT2D eigenvalue weighted by Gasteiger charge is -2.35. The molecule has 4 rings (SSSR count). The number of aromatic nitrogens is 2. The van der Waals surface area contributed by atoms with Crippen LogP contribution in [0.3, 0.4) is 0 Å². The Morgan fingerprint density at radius 3 is 2.85 bits per heavy atom. The molecule has 0 aliphatic carbocycles. The Balaban J connectivity index is 1.58. The first kappa shape index (κ1) is 17.7. The highest BCUT2D eigenvalue weighted by molar-refractivity contribution is 7.20. The Morgan fingerprint density at radius 2 is 2.15 bits per heavy atom. The number of esters is 1. The van der Waals surface area contributed by atoms with Crippen molar-refractivity contribution < 1.29 is 14.3 Å². The molecule has 140 valence electrons. The summed E-state index contributed by atoms with van der Waals surface area (Å²) in [5, 5.41) is 0.996. The minimum absolute atomic E-state index is 0.268. The fourth-order valence-corrected chi connectivity index (χ4v) is 5.18. The molecule has 6 nitrogen and oxygen atoms in total. The van der Waals surface area contributed by atoms with Crippen molar-refractivity contribution in [2.75, 3.05) is 31.2 Å². The van der Waals surface area contributed by atoms with Crippen molar-refractivity contribution in [2.45, 2.75) is 45.6 Å². The van der Waals surface area contributed by atoms with Crippen LogP contribution in [0, 0.1) is 12.8 Å². The molecule has 0 aromatic carbocycles.